The van der Waals surface area contributed by atoms with Gasteiger partial charge in [-0.15, -0.1) is 6.42 Å². The summed E-state index contributed by atoms with van der Waals surface area (Å²) in [5.41, 5.74) is 2.06. The fraction of sp³-hybridized carbons (Fsp3) is 0.385. The zero-order chi connectivity index (χ0) is 10.2. The molecule has 0 aromatic heterocycles. The molecule has 1 aromatic rings. The van der Waals surface area contributed by atoms with Gasteiger partial charge in [0.1, 0.15) is 0 Å². The van der Waals surface area contributed by atoms with E-state index in [0.29, 0.717) is 0 Å². The lowest BCUT2D eigenvalue weighted by Crippen LogP contribution is -2.00. The second-order valence-corrected chi connectivity index (χ2v) is 3.36. The molecule has 0 aliphatic rings. The van der Waals surface area contributed by atoms with Crippen molar-refractivity contribution in [2.75, 3.05) is 11.9 Å². The first-order valence-electron chi connectivity index (χ1n) is 5.17. The first kappa shape index (κ1) is 10.7. The third-order valence-corrected chi connectivity index (χ3v) is 2.14. The van der Waals surface area contributed by atoms with E-state index < -0.39 is 0 Å². The van der Waals surface area contributed by atoms with E-state index in [1.807, 2.05) is 24.3 Å². The molecule has 1 heteroatoms. The monoisotopic (exact) mass is 187 g/mol. The van der Waals surface area contributed by atoms with Crippen molar-refractivity contribution < 1.29 is 0 Å². The van der Waals surface area contributed by atoms with Crippen LogP contribution in [0.15, 0.2) is 24.3 Å². The lowest BCUT2D eigenvalue weighted by Gasteiger charge is -2.05. The van der Waals surface area contributed by atoms with Gasteiger partial charge in [0.2, 0.25) is 0 Å². The van der Waals surface area contributed by atoms with Crippen LogP contribution < -0.4 is 5.32 Å². The molecule has 0 fully saturated rings. The number of hydrogen-bond donors (Lipinski definition) is 1. The van der Waals surface area contributed by atoms with Gasteiger partial charge in [0.15, 0.2) is 0 Å². The fourth-order valence-corrected chi connectivity index (χ4v) is 1.33. The molecular formula is C13H17N. The predicted octanol–water partition coefficient (Wildman–Crippen LogP) is 3.27. The highest BCUT2D eigenvalue weighted by atomic mass is 14.9. The Morgan fingerprint density at radius 3 is 2.93 bits per heavy atom. The van der Waals surface area contributed by atoms with Crippen LogP contribution >= 0.6 is 0 Å². The SMILES string of the molecule is C#Cc1cccc(NCCCCC)c1. The van der Waals surface area contributed by atoms with Crippen LogP contribution in [0.5, 0.6) is 0 Å². The lowest BCUT2D eigenvalue weighted by atomic mass is 10.2. The van der Waals surface area contributed by atoms with E-state index in [4.69, 9.17) is 6.42 Å². The number of rotatable bonds is 5. The molecule has 0 heterocycles. The van der Waals surface area contributed by atoms with Crippen LogP contribution in [0.1, 0.15) is 31.7 Å². The van der Waals surface area contributed by atoms with Gasteiger partial charge in [-0.25, -0.2) is 0 Å². The smallest absolute Gasteiger partial charge is 0.0352 e. The molecular weight excluding hydrogens is 170 g/mol. The van der Waals surface area contributed by atoms with E-state index in [1.54, 1.807) is 0 Å². The van der Waals surface area contributed by atoms with Crippen molar-refractivity contribution in [1.29, 1.82) is 0 Å². The van der Waals surface area contributed by atoms with Gasteiger partial charge in [-0.1, -0.05) is 31.8 Å². The second-order valence-electron chi connectivity index (χ2n) is 3.36. The third-order valence-electron chi connectivity index (χ3n) is 2.14. The van der Waals surface area contributed by atoms with Gasteiger partial charge in [-0.2, -0.15) is 0 Å². The minimum Gasteiger partial charge on any atom is -0.385 e. The normalized spacial score (nSPS) is 9.43. The molecule has 1 aromatic carbocycles. The van der Waals surface area contributed by atoms with Crippen molar-refractivity contribution in [3.63, 3.8) is 0 Å². The number of nitrogens with one attached hydrogen (secondary N) is 1. The molecule has 0 amide bonds. The van der Waals surface area contributed by atoms with Gasteiger partial charge < -0.3 is 5.32 Å². The standard InChI is InChI=1S/C13H17N/c1-3-5-6-10-14-13-9-7-8-12(4-2)11-13/h2,7-9,11,14H,3,5-6,10H2,1H3. The molecule has 0 radical (unpaired) electrons. The van der Waals surface area contributed by atoms with Crippen LogP contribution in [0.2, 0.25) is 0 Å². The van der Waals surface area contributed by atoms with Crippen molar-refractivity contribution >= 4 is 5.69 Å². The van der Waals surface area contributed by atoms with E-state index >= 15 is 0 Å². The zero-order valence-electron chi connectivity index (χ0n) is 8.72. The van der Waals surface area contributed by atoms with Crippen LogP contribution in [0.4, 0.5) is 5.69 Å². The molecule has 1 nitrogen and oxygen atoms in total. The number of anilines is 1. The summed E-state index contributed by atoms with van der Waals surface area (Å²) in [6, 6.07) is 7.98. The van der Waals surface area contributed by atoms with Gasteiger partial charge in [0.05, 0.1) is 0 Å². The Bertz CT molecular complexity index is 309. The van der Waals surface area contributed by atoms with Crippen molar-refractivity contribution in [3.05, 3.63) is 29.8 Å². The molecule has 0 aliphatic carbocycles. The van der Waals surface area contributed by atoms with Crippen molar-refractivity contribution in [2.45, 2.75) is 26.2 Å². The second kappa shape index (κ2) is 6.10. The Morgan fingerprint density at radius 1 is 1.36 bits per heavy atom. The summed E-state index contributed by atoms with van der Waals surface area (Å²) in [7, 11) is 0. The average Bonchev–Trinajstić information content (AvgIpc) is 2.25. The Labute approximate surface area is 86.5 Å². The number of hydrogen-bond acceptors (Lipinski definition) is 1. The highest BCUT2D eigenvalue weighted by molar-refractivity contribution is 5.49. The quantitative estimate of drug-likeness (QED) is 0.551. The third kappa shape index (κ3) is 3.53. The summed E-state index contributed by atoms with van der Waals surface area (Å²) in [6.45, 7) is 3.24. The number of benzene rings is 1. The van der Waals surface area contributed by atoms with Gasteiger partial charge in [-0.3, -0.25) is 0 Å². The maximum atomic E-state index is 5.32. The Balaban J connectivity index is 2.39. The summed E-state index contributed by atoms with van der Waals surface area (Å²) in [4.78, 5) is 0. The van der Waals surface area contributed by atoms with Gasteiger partial charge in [0, 0.05) is 17.8 Å². The zero-order valence-corrected chi connectivity index (χ0v) is 8.72. The van der Waals surface area contributed by atoms with E-state index in [2.05, 4.69) is 18.2 Å². The molecule has 0 bridgehead atoms. The van der Waals surface area contributed by atoms with Crippen LogP contribution in [0, 0.1) is 12.3 Å². The highest BCUT2D eigenvalue weighted by Gasteiger charge is 1.92. The summed E-state index contributed by atoms with van der Waals surface area (Å²) in [5.74, 6) is 2.63. The molecule has 1 N–H and O–H groups in total. The summed E-state index contributed by atoms with van der Waals surface area (Å²) in [5, 5.41) is 3.36. The molecule has 0 atom stereocenters. The highest BCUT2D eigenvalue weighted by Crippen LogP contribution is 2.09. The summed E-state index contributed by atoms with van der Waals surface area (Å²) >= 11 is 0. The van der Waals surface area contributed by atoms with Crippen LogP contribution in [0.3, 0.4) is 0 Å². The first-order chi connectivity index (χ1) is 6.86. The van der Waals surface area contributed by atoms with E-state index in [0.717, 1.165) is 17.8 Å². The maximum absolute atomic E-state index is 5.32. The van der Waals surface area contributed by atoms with Gasteiger partial charge >= 0.3 is 0 Å². The molecule has 0 saturated heterocycles. The Kier molecular flexibility index (Phi) is 4.64. The number of terminal acetylenes is 1. The first-order valence-corrected chi connectivity index (χ1v) is 5.17. The van der Waals surface area contributed by atoms with Crippen LogP contribution in [-0.4, -0.2) is 6.54 Å². The molecule has 0 aliphatic heterocycles. The fourth-order valence-electron chi connectivity index (χ4n) is 1.33. The van der Waals surface area contributed by atoms with E-state index in [-0.39, 0.29) is 0 Å². The van der Waals surface area contributed by atoms with E-state index in [1.165, 1.54) is 19.3 Å². The lowest BCUT2D eigenvalue weighted by molar-refractivity contribution is 0.744. The van der Waals surface area contributed by atoms with Crippen molar-refractivity contribution in [2.24, 2.45) is 0 Å². The average molecular weight is 187 g/mol. The molecule has 14 heavy (non-hydrogen) atoms. The Morgan fingerprint density at radius 2 is 2.21 bits per heavy atom. The van der Waals surface area contributed by atoms with Crippen LogP contribution in [-0.2, 0) is 0 Å². The molecule has 0 saturated carbocycles. The summed E-state index contributed by atoms with van der Waals surface area (Å²) < 4.78 is 0. The Hall–Kier alpha value is -1.42. The van der Waals surface area contributed by atoms with Gasteiger partial charge in [-0.05, 0) is 24.6 Å². The van der Waals surface area contributed by atoms with E-state index in [9.17, 15) is 0 Å². The minimum absolute atomic E-state index is 0.936. The molecule has 74 valence electrons. The molecule has 0 unspecified atom stereocenters. The predicted molar refractivity (Wildman–Crippen MR) is 62.4 cm³/mol. The number of unbranched alkanes of at least 4 members (excludes halogenated alkanes) is 2. The maximum Gasteiger partial charge on any atom is 0.0352 e. The minimum atomic E-state index is 0.936. The summed E-state index contributed by atoms with van der Waals surface area (Å²) in [6.07, 6.45) is 9.07. The largest absolute Gasteiger partial charge is 0.385 e. The van der Waals surface area contributed by atoms with Crippen molar-refractivity contribution in [3.8, 4) is 12.3 Å². The van der Waals surface area contributed by atoms with Gasteiger partial charge in [0.25, 0.3) is 0 Å². The molecule has 1 rings (SSSR count). The molecule has 0 spiro atoms. The topological polar surface area (TPSA) is 12.0 Å². The van der Waals surface area contributed by atoms with Crippen molar-refractivity contribution in [1.82, 2.24) is 0 Å². The van der Waals surface area contributed by atoms with Crippen LogP contribution in [0.25, 0.3) is 0 Å².